The second kappa shape index (κ2) is 14.4. The summed E-state index contributed by atoms with van der Waals surface area (Å²) in [6, 6.07) is 20.9. The van der Waals surface area contributed by atoms with Gasteiger partial charge in [0.1, 0.15) is 12.6 Å². The van der Waals surface area contributed by atoms with Gasteiger partial charge < -0.3 is 10.2 Å². The van der Waals surface area contributed by atoms with E-state index in [2.05, 4.69) is 26.1 Å². The molecule has 1 N–H and O–H groups in total. The molecular formula is C34H41Cl2N3O4S. The molecule has 3 aromatic rings. The van der Waals surface area contributed by atoms with Gasteiger partial charge in [0.15, 0.2) is 0 Å². The SMILES string of the molecule is CC(C)(C)c1ccc(N(CC(=O)N(Cc2ccc(Cl)c(Cl)c2)[C@@H](Cc2ccccc2)C(=O)NC2CCCC2)S(C)(=O)=O)cc1. The molecule has 4 rings (SSSR count). The second-order valence-electron chi connectivity index (χ2n) is 12.5. The minimum Gasteiger partial charge on any atom is -0.352 e. The van der Waals surface area contributed by atoms with Crippen LogP contribution in [0.3, 0.4) is 0 Å². The van der Waals surface area contributed by atoms with Crippen LogP contribution in [0, 0.1) is 0 Å². The van der Waals surface area contributed by atoms with Gasteiger partial charge in [-0.3, -0.25) is 13.9 Å². The van der Waals surface area contributed by atoms with Crippen molar-refractivity contribution >= 4 is 50.7 Å². The van der Waals surface area contributed by atoms with Crippen molar-refractivity contribution in [2.75, 3.05) is 17.1 Å². The van der Waals surface area contributed by atoms with E-state index in [1.165, 1.54) is 4.90 Å². The molecule has 10 heteroatoms. The number of sulfonamides is 1. The third kappa shape index (κ3) is 8.99. The van der Waals surface area contributed by atoms with Crippen molar-refractivity contribution in [1.82, 2.24) is 10.2 Å². The fourth-order valence-electron chi connectivity index (χ4n) is 5.50. The number of carbonyl (C=O) groups is 2. The Balaban J connectivity index is 1.73. The number of anilines is 1. The summed E-state index contributed by atoms with van der Waals surface area (Å²) in [7, 11) is -3.86. The van der Waals surface area contributed by atoms with Crippen LogP contribution in [0.4, 0.5) is 5.69 Å². The van der Waals surface area contributed by atoms with E-state index >= 15 is 0 Å². The van der Waals surface area contributed by atoms with E-state index in [1.54, 1.807) is 30.3 Å². The molecule has 44 heavy (non-hydrogen) atoms. The molecule has 0 radical (unpaired) electrons. The minimum atomic E-state index is -3.86. The monoisotopic (exact) mass is 657 g/mol. The molecule has 2 amide bonds. The standard InChI is InChI=1S/C34H41Cl2N3O4S/c1-34(2,3)26-15-17-28(18-16-26)39(44(4,42)43)23-32(40)38(22-25-14-19-29(35)30(36)20-25)31(21-24-10-6-5-7-11-24)33(41)37-27-12-8-9-13-27/h5-7,10-11,14-20,27,31H,8-9,12-13,21-23H2,1-4H3,(H,37,41)/t31-/m0/s1. The third-order valence-electron chi connectivity index (χ3n) is 8.01. The van der Waals surface area contributed by atoms with Gasteiger partial charge in [-0.1, -0.05) is 105 Å². The van der Waals surface area contributed by atoms with Crippen LogP contribution in [0.25, 0.3) is 0 Å². The largest absolute Gasteiger partial charge is 0.352 e. The van der Waals surface area contributed by atoms with E-state index < -0.39 is 28.5 Å². The van der Waals surface area contributed by atoms with Crippen molar-refractivity contribution in [3.63, 3.8) is 0 Å². The summed E-state index contributed by atoms with van der Waals surface area (Å²) in [5.74, 6) is -0.779. The predicted octanol–water partition coefficient (Wildman–Crippen LogP) is 6.76. The molecule has 3 aromatic carbocycles. The Bertz CT molecular complexity index is 1550. The molecule has 0 unspecified atom stereocenters. The molecule has 0 aliphatic heterocycles. The normalized spacial score (nSPS) is 14.7. The quantitative estimate of drug-likeness (QED) is 0.247. The van der Waals surface area contributed by atoms with Crippen molar-refractivity contribution in [2.24, 2.45) is 0 Å². The number of amides is 2. The van der Waals surface area contributed by atoms with Crippen molar-refractivity contribution in [3.05, 3.63) is 99.5 Å². The molecule has 1 fully saturated rings. The van der Waals surface area contributed by atoms with Gasteiger partial charge in [0.05, 0.1) is 22.0 Å². The van der Waals surface area contributed by atoms with Gasteiger partial charge in [-0.2, -0.15) is 0 Å². The number of hydrogen-bond acceptors (Lipinski definition) is 4. The number of rotatable bonds is 11. The van der Waals surface area contributed by atoms with E-state index in [9.17, 15) is 18.0 Å². The lowest BCUT2D eigenvalue weighted by molar-refractivity contribution is -0.140. The maximum atomic E-state index is 14.3. The number of carbonyl (C=O) groups excluding carboxylic acids is 2. The van der Waals surface area contributed by atoms with Gasteiger partial charge in [0.2, 0.25) is 21.8 Å². The molecule has 1 atom stereocenters. The Morgan fingerprint density at radius 2 is 1.55 bits per heavy atom. The van der Waals surface area contributed by atoms with E-state index in [0.29, 0.717) is 21.3 Å². The topological polar surface area (TPSA) is 86.8 Å². The van der Waals surface area contributed by atoms with Crippen molar-refractivity contribution < 1.29 is 18.0 Å². The molecule has 0 saturated heterocycles. The zero-order valence-corrected chi connectivity index (χ0v) is 28.1. The van der Waals surface area contributed by atoms with E-state index in [0.717, 1.165) is 47.4 Å². The molecule has 1 aliphatic rings. The lowest BCUT2D eigenvalue weighted by atomic mass is 9.87. The predicted molar refractivity (Wildman–Crippen MR) is 179 cm³/mol. The zero-order valence-electron chi connectivity index (χ0n) is 25.7. The highest BCUT2D eigenvalue weighted by atomic mass is 35.5. The van der Waals surface area contributed by atoms with Crippen molar-refractivity contribution in [1.29, 1.82) is 0 Å². The number of hydrogen-bond donors (Lipinski definition) is 1. The van der Waals surface area contributed by atoms with Crippen LogP contribution < -0.4 is 9.62 Å². The Morgan fingerprint density at radius 1 is 0.909 bits per heavy atom. The number of nitrogens with zero attached hydrogens (tertiary/aromatic N) is 2. The van der Waals surface area contributed by atoms with Crippen LogP contribution in [-0.2, 0) is 38.0 Å². The van der Waals surface area contributed by atoms with Gasteiger partial charge in [-0.25, -0.2) is 8.42 Å². The lowest BCUT2D eigenvalue weighted by Gasteiger charge is -2.34. The molecule has 0 spiro atoms. The summed E-state index contributed by atoms with van der Waals surface area (Å²) < 4.78 is 27.3. The first kappa shape index (κ1) is 33.8. The van der Waals surface area contributed by atoms with Crippen LogP contribution in [0.15, 0.2) is 72.8 Å². The van der Waals surface area contributed by atoms with Crippen LogP contribution in [0.1, 0.15) is 63.1 Å². The highest BCUT2D eigenvalue weighted by molar-refractivity contribution is 7.92. The molecule has 0 heterocycles. The van der Waals surface area contributed by atoms with Crippen LogP contribution >= 0.6 is 23.2 Å². The number of nitrogens with one attached hydrogen (secondary N) is 1. The van der Waals surface area contributed by atoms with E-state index in [4.69, 9.17) is 23.2 Å². The van der Waals surface area contributed by atoms with E-state index in [-0.39, 0.29) is 30.3 Å². The Morgan fingerprint density at radius 3 is 2.11 bits per heavy atom. The average Bonchev–Trinajstić information content (AvgIpc) is 3.48. The fraction of sp³-hybridized carbons (Fsp3) is 0.412. The average molecular weight is 659 g/mol. The van der Waals surface area contributed by atoms with Gasteiger partial charge in [-0.05, 0) is 59.2 Å². The summed E-state index contributed by atoms with van der Waals surface area (Å²) in [6.45, 7) is 5.78. The molecule has 7 nitrogen and oxygen atoms in total. The summed E-state index contributed by atoms with van der Waals surface area (Å²) in [5.41, 5.74) is 2.83. The maximum absolute atomic E-state index is 14.3. The Labute approximate surface area is 271 Å². The van der Waals surface area contributed by atoms with Crippen LogP contribution in [0.2, 0.25) is 10.0 Å². The summed E-state index contributed by atoms with van der Waals surface area (Å²) >= 11 is 12.5. The molecule has 1 aliphatic carbocycles. The van der Waals surface area contributed by atoms with Gasteiger partial charge in [0, 0.05) is 19.0 Å². The van der Waals surface area contributed by atoms with E-state index in [1.807, 2.05) is 42.5 Å². The second-order valence-corrected chi connectivity index (χ2v) is 15.3. The van der Waals surface area contributed by atoms with Crippen LogP contribution in [0.5, 0.6) is 0 Å². The summed E-state index contributed by atoms with van der Waals surface area (Å²) in [6.07, 6.45) is 5.18. The fourth-order valence-corrected chi connectivity index (χ4v) is 6.67. The minimum absolute atomic E-state index is 0.0336. The molecule has 1 saturated carbocycles. The first-order valence-electron chi connectivity index (χ1n) is 14.9. The smallest absolute Gasteiger partial charge is 0.244 e. The maximum Gasteiger partial charge on any atom is 0.244 e. The molecule has 0 bridgehead atoms. The Hall–Kier alpha value is -3.07. The van der Waals surface area contributed by atoms with Gasteiger partial charge in [-0.15, -0.1) is 0 Å². The zero-order chi connectivity index (χ0) is 32.1. The highest BCUT2D eigenvalue weighted by Crippen LogP contribution is 2.28. The van der Waals surface area contributed by atoms with Gasteiger partial charge in [0.25, 0.3) is 0 Å². The first-order chi connectivity index (χ1) is 20.7. The molecular weight excluding hydrogens is 617 g/mol. The van der Waals surface area contributed by atoms with Crippen LogP contribution in [-0.4, -0.2) is 50.0 Å². The van der Waals surface area contributed by atoms with Crippen molar-refractivity contribution in [2.45, 2.75) is 76.9 Å². The molecule has 236 valence electrons. The third-order valence-corrected chi connectivity index (χ3v) is 9.89. The first-order valence-corrected chi connectivity index (χ1v) is 17.5. The lowest BCUT2D eigenvalue weighted by Crippen LogP contribution is -2.54. The number of benzene rings is 3. The number of halogens is 2. The summed E-state index contributed by atoms with van der Waals surface area (Å²) in [5, 5.41) is 3.86. The Kier molecular flexibility index (Phi) is 11.0. The van der Waals surface area contributed by atoms with Crippen molar-refractivity contribution in [3.8, 4) is 0 Å². The molecule has 0 aromatic heterocycles. The highest BCUT2D eigenvalue weighted by Gasteiger charge is 2.34. The van der Waals surface area contributed by atoms with Gasteiger partial charge >= 0.3 is 0 Å². The summed E-state index contributed by atoms with van der Waals surface area (Å²) in [4.78, 5) is 29.7.